The first-order valence-electron chi connectivity index (χ1n) is 6.02. The highest BCUT2D eigenvalue weighted by atomic mass is 79.9. The molecule has 3 heterocycles. The maximum absolute atomic E-state index is 6.22. The largest absolute Gasteiger partial charge is 0.355 e. The molecule has 98 valence electrons. The zero-order valence-electron chi connectivity index (χ0n) is 9.86. The second-order valence-corrected chi connectivity index (χ2v) is 5.88. The fraction of sp³-hybridized carbons (Fsp3) is 0.583. The quantitative estimate of drug-likeness (QED) is 0.791. The molecule has 6 heteroatoms. The van der Waals surface area contributed by atoms with Crippen LogP contribution in [0, 0.1) is 0 Å². The molecular weight excluding hydrogens is 320 g/mol. The van der Waals surface area contributed by atoms with Crippen LogP contribution in [0.5, 0.6) is 0 Å². The third-order valence-electron chi connectivity index (χ3n) is 3.43. The number of halogens is 2. The molecule has 2 aliphatic rings. The smallest absolute Gasteiger partial charge is 0.171 e. The van der Waals surface area contributed by atoms with E-state index < -0.39 is 0 Å². The van der Waals surface area contributed by atoms with Gasteiger partial charge in [0, 0.05) is 36.6 Å². The van der Waals surface area contributed by atoms with Crippen molar-refractivity contribution < 1.29 is 9.47 Å². The SMILES string of the molecule is Clc1cc(Br)cnc1N1CCC2(CC1)OCCO2. The second-order valence-electron chi connectivity index (χ2n) is 4.55. The van der Waals surface area contributed by atoms with Crippen molar-refractivity contribution in [3.63, 3.8) is 0 Å². The third-order valence-corrected chi connectivity index (χ3v) is 4.14. The van der Waals surface area contributed by atoms with Crippen LogP contribution in [0.1, 0.15) is 12.8 Å². The molecule has 0 atom stereocenters. The molecule has 0 aromatic carbocycles. The van der Waals surface area contributed by atoms with Crippen molar-refractivity contribution in [2.45, 2.75) is 18.6 Å². The van der Waals surface area contributed by atoms with E-state index in [4.69, 9.17) is 21.1 Å². The number of hydrogen-bond acceptors (Lipinski definition) is 4. The summed E-state index contributed by atoms with van der Waals surface area (Å²) < 4.78 is 12.3. The Bertz CT molecular complexity index is 442. The summed E-state index contributed by atoms with van der Waals surface area (Å²) >= 11 is 9.58. The summed E-state index contributed by atoms with van der Waals surface area (Å²) in [6.45, 7) is 3.12. The molecule has 0 saturated carbocycles. The van der Waals surface area contributed by atoms with Crippen LogP contribution in [0.4, 0.5) is 5.82 Å². The lowest BCUT2D eigenvalue weighted by Crippen LogP contribution is -2.45. The molecule has 1 aromatic rings. The van der Waals surface area contributed by atoms with E-state index in [2.05, 4.69) is 25.8 Å². The fourth-order valence-electron chi connectivity index (χ4n) is 2.48. The zero-order chi connectivity index (χ0) is 12.6. The number of pyridine rings is 1. The molecule has 4 nitrogen and oxygen atoms in total. The lowest BCUT2D eigenvalue weighted by molar-refractivity contribution is -0.169. The normalized spacial score (nSPS) is 22.7. The van der Waals surface area contributed by atoms with Gasteiger partial charge in [0.1, 0.15) is 5.82 Å². The molecule has 2 fully saturated rings. The van der Waals surface area contributed by atoms with Crippen molar-refractivity contribution in [3.05, 3.63) is 21.8 Å². The highest BCUT2D eigenvalue weighted by Gasteiger charge is 2.40. The predicted octanol–water partition coefficient (Wildman–Crippen LogP) is 2.84. The number of aromatic nitrogens is 1. The summed E-state index contributed by atoms with van der Waals surface area (Å²) in [4.78, 5) is 6.57. The van der Waals surface area contributed by atoms with Gasteiger partial charge in [-0.15, -0.1) is 0 Å². The average Bonchev–Trinajstić information content (AvgIpc) is 2.80. The summed E-state index contributed by atoms with van der Waals surface area (Å²) in [6, 6.07) is 1.87. The van der Waals surface area contributed by atoms with Crippen LogP contribution in [0.25, 0.3) is 0 Å². The monoisotopic (exact) mass is 332 g/mol. The Labute approximate surface area is 119 Å². The summed E-state index contributed by atoms with van der Waals surface area (Å²) in [5.74, 6) is 0.492. The van der Waals surface area contributed by atoms with Crippen molar-refractivity contribution in [1.82, 2.24) is 4.98 Å². The molecule has 0 radical (unpaired) electrons. The second kappa shape index (κ2) is 4.96. The first kappa shape index (κ1) is 12.7. The van der Waals surface area contributed by atoms with Gasteiger partial charge in [-0.2, -0.15) is 0 Å². The first-order chi connectivity index (χ1) is 8.69. The van der Waals surface area contributed by atoms with E-state index in [1.807, 2.05) is 6.07 Å². The lowest BCUT2D eigenvalue weighted by Gasteiger charge is -2.38. The minimum atomic E-state index is -0.349. The average molecular weight is 334 g/mol. The van der Waals surface area contributed by atoms with Crippen LogP contribution in [-0.4, -0.2) is 37.1 Å². The fourth-order valence-corrected chi connectivity index (χ4v) is 3.23. The van der Waals surface area contributed by atoms with Crippen LogP contribution >= 0.6 is 27.5 Å². The van der Waals surface area contributed by atoms with E-state index in [-0.39, 0.29) is 5.79 Å². The van der Waals surface area contributed by atoms with Crippen LogP contribution in [0.3, 0.4) is 0 Å². The van der Waals surface area contributed by atoms with Crippen molar-refractivity contribution in [2.24, 2.45) is 0 Å². The van der Waals surface area contributed by atoms with E-state index in [9.17, 15) is 0 Å². The molecule has 1 aromatic heterocycles. The maximum Gasteiger partial charge on any atom is 0.171 e. The summed E-state index contributed by atoms with van der Waals surface area (Å²) in [5.41, 5.74) is 0. The predicted molar refractivity (Wildman–Crippen MR) is 73.0 cm³/mol. The molecule has 0 bridgehead atoms. The Balaban J connectivity index is 1.72. The minimum Gasteiger partial charge on any atom is -0.355 e. The van der Waals surface area contributed by atoms with Crippen molar-refractivity contribution in [2.75, 3.05) is 31.2 Å². The Morgan fingerprint density at radius 3 is 2.56 bits per heavy atom. The van der Waals surface area contributed by atoms with Crippen LogP contribution in [0.15, 0.2) is 16.7 Å². The van der Waals surface area contributed by atoms with E-state index >= 15 is 0 Å². The van der Waals surface area contributed by atoms with Crippen molar-refractivity contribution in [3.8, 4) is 0 Å². The molecule has 2 saturated heterocycles. The van der Waals surface area contributed by atoms with Gasteiger partial charge in [-0.25, -0.2) is 4.98 Å². The Hall–Kier alpha value is -0.360. The number of rotatable bonds is 1. The molecular formula is C12H14BrClN2O2. The van der Waals surface area contributed by atoms with Crippen LogP contribution in [-0.2, 0) is 9.47 Å². The highest BCUT2D eigenvalue weighted by molar-refractivity contribution is 9.10. The zero-order valence-corrected chi connectivity index (χ0v) is 12.2. The molecule has 18 heavy (non-hydrogen) atoms. The summed E-state index contributed by atoms with van der Waals surface area (Å²) in [6.07, 6.45) is 3.50. The van der Waals surface area contributed by atoms with E-state index in [0.29, 0.717) is 18.2 Å². The van der Waals surface area contributed by atoms with Crippen molar-refractivity contribution >= 4 is 33.3 Å². The maximum atomic E-state index is 6.22. The summed E-state index contributed by atoms with van der Waals surface area (Å²) in [5, 5.41) is 0.675. The Morgan fingerprint density at radius 2 is 1.94 bits per heavy atom. The third kappa shape index (κ3) is 2.37. The van der Waals surface area contributed by atoms with Crippen LogP contribution < -0.4 is 4.90 Å². The number of piperidine rings is 1. The molecule has 0 N–H and O–H groups in total. The standard InChI is InChI=1S/C12H14BrClN2O2/c13-9-7-10(14)11(15-8-9)16-3-1-12(2-4-16)17-5-6-18-12/h7-8H,1-6H2. The van der Waals surface area contributed by atoms with Crippen LogP contribution in [0.2, 0.25) is 5.02 Å². The number of ether oxygens (including phenoxy) is 2. The molecule has 1 spiro atoms. The lowest BCUT2D eigenvalue weighted by atomic mass is 10.0. The topological polar surface area (TPSA) is 34.6 Å². The van der Waals surface area contributed by atoms with Gasteiger partial charge in [-0.1, -0.05) is 11.6 Å². The summed E-state index contributed by atoms with van der Waals surface area (Å²) in [7, 11) is 0. The first-order valence-corrected chi connectivity index (χ1v) is 7.20. The molecule has 3 rings (SSSR count). The number of anilines is 1. The van der Waals surface area contributed by atoms with Crippen molar-refractivity contribution in [1.29, 1.82) is 0 Å². The molecule has 2 aliphatic heterocycles. The molecule has 0 amide bonds. The van der Waals surface area contributed by atoms with Gasteiger partial charge in [0.2, 0.25) is 0 Å². The van der Waals surface area contributed by atoms with E-state index in [1.54, 1.807) is 6.20 Å². The van der Waals surface area contributed by atoms with Gasteiger partial charge in [-0.3, -0.25) is 0 Å². The molecule has 0 unspecified atom stereocenters. The van der Waals surface area contributed by atoms with Gasteiger partial charge >= 0.3 is 0 Å². The molecule has 0 aliphatic carbocycles. The number of nitrogens with zero attached hydrogens (tertiary/aromatic N) is 2. The van der Waals surface area contributed by atoms with Gasteiger partial charge in [-0.05, 0) is 22.0 Å². The van der Waals surface area contributed by atoms with Gasteiger partial charge in [0.25, 0.3) is 0 Å². The Kier molecular flexibility index (Phi) is 3.49. The van der Waals surface area contributed by atoms with E-state index in [1.165, 1.54) is 0 Å². The van der Waals surface area contributed by atoms with Gasteiger partial charge in [0.05, 0.1) is 18.2 Å². The number of hydrogen-bond donors (Lipinski definition) is 0. The highest BCUT2D eigenvalue weighted by Crippen LogP contribution is 2.35. The van der Waals surface area contributed by atoms with E-state index in [0.717, 1.165) is 36.2 Å². The van der Waals surface area contributed by atoms with Gasteiger partial charge in [0.15, 0.2) is 5.79 Å². The van der Waals surface area contributed by atoms with Gasteiger partial charge < -0.3 is 14.4 Å². The Morgan fingerprint density at radius 1 is 1.28 bits per heavy atom. The minimum absolute atomic E-state index is 0.349.